The smallest absolute Gasteiger partial charge is 0.276 e. The zero-order chi connectivity index (χ0) is 14.2. The van der Waals surface area contributed by atoms with E-state index in [1.165, 1.54) is 0 Å². The Labute approximate surface area is 112 Å². The van der Waals surface area contributed by atoms with Crippen LogP contribution in [0, 0.1) is 0 Å². The zero-order valence-electron chi connectivity index (χ0n) is 11.0. The molecule has 1 heterocycles. The Bertz CT molecular complexity index is 589. The molecule has 0 atom stereocenters. The molecule has 0 spiro atoms. The van der Waals surface area contributed by atoms with Crippen LogP contribution in [0.25, 0.3) is 0 Å². The fourth-order valence-corrected chi connectivity index (χ4v) is 3.08. The van der Waals surface area contributed by atoms with E-state index in [1.54, 1.807) is 11.8 Å². The monoisotopic (exact) mass is 286 g/mol. The summed E-state index contributed by atoms with van der Waals surface area (Å²) in [5.41, 5.74) is 0.283. The summed E-state index contributed by atoms with van der Waals surface area (Å²) in [6, 6.07) is 0.201. The number of aromatic nitrogens is 2. The maximum absolute atomic E-state index is 12.4. The summed E-state index contributed by atoms with van der Waals surface area (Å²) < 4.78 is 23.3. The number of nitrogens with two attached hydrogens (primary N) is 1. The Hall–Kier alpha value is -1.41. The number of sulfonamides is 1. The van der Waals surface area contributed by atoms with Crippen LogP contribution >= 0.6 is 0 Å². The van der Waals surface area contributed by atoms with Gasteiger partial charge in [-0.25, -0.2) is 13.6 Å². The van der Waals surface area contributed by atoms with Crippen molar-refractivity contribution >= 4 is 15.9 Å². The summed E-state index contributed by atoms with van der Waals surface area (Å²) >= 11 is 0. The number of rotatable bonds is 5. The van der Waals surface area contributed by atoms with E-state index < -0.39 is 10.0 Å². The Kier molecular flexibility index (Phi) is 3.64. The first-order chi connectivity index (χ1) is 8.90. The summed E-state index contributed by atoms with van der Waals surface area (Å²) in [6.45, 7) is 4.16. The largest absolute Gasteiger partial charge is 0.335 e. The van der Waals surface area contributed by atoms with E-state index in [4.69, 9.17) is 5.14 Å². The average Bonchev–Trinajstić information content (AvgIpc) is 3.06. The Morgan fingerprint density at radius 3 is 2.53 bits per heavy atom. The van der Waals surface area contributed by atoms with Crippen molar-refractivity contribution in [1.82, 2.24) is 15.1 Å². The Morgan fingerprint density at radius 2 is 2.11 bits per heavy atom. The molecule has 0 aromatic carbocycles. The molecule has 1 fully saturated rings. The molecule has 19 heavy (non-hydrogen) atoms. The first kappa shape index (κ1) is 14.0. The molecule has 1 aliphatic rings. The molecule has 0 radical (unpaired) electrons. The summed E-state index contributed by atoms with van der Waals surface area (Å²) in [6.07, 6.45) is 2.33. The van der Waals surface area contributed by atoms with Crippen molar-refractivity contribution in [3.05, 3.63) is 11.4 Å². The summed E-state index contributed by atoms with van der Waals surface area (Å²) in [5, 5.41) is 11.6. The molecule has 7 nitrogen and oxygen atoms in total. The standard InChI is InChI=1S/C11H18N4O3S/c1-3-8-10(19(12,17)18)9(14-13-8)11(16)15(4-2)7-5-6-7/h7H,3-6H2,1-2H3,(H,13,14)(H2,12,17,18). The number of aryl methyl sites for hydroxylation is 1. The van der Waals surface area contributed by atoms with Gasteiger partial charge in [-0.05, 0) is 26.2 Å². The van der Waals surface area contributed by atoms with Crippen LogP contribution in [0.2, 0.25) is 0 Å². The van der Waals surface area contributed by atoms with E-state index in [0.29, 0.717) is 18.7 Å². The van der Waals surface area contributed by atoms with Crippen molar-refractivity contribution in [2.24, 2.45) is 5.14 Å². The number of nitrogens with zero attached hydrogens (tertiary/aromatic N) is 2. The van der Waals surface area contributed by atoms with Crippen LogP contribution in [0.4, 0.5) is 0 Å². The normalized spacial score (nSPS) is 15.5. The highest BCUT2D eigenvalue weighted by Crippen LogP contribution is 2.29. The topological polar surface area (TPSA) is 109 Å². The molecular weight excluding hydrogens is 268 g/mol. The predicted octanol–water partition coefficient (Wildman–Crippen LogP) is 0.244. The molecule has 106 valence electrons. The maximum atomic E-state index is 12.4. The van der Waals surface area contributed by atoms with Gasteiger partial charge in [-0.3, -0.25) is 9.89 Å². The summed E-state index contributed by atoms with van der Waals surface area (Å²) in [4.78, 5) is 13.9. The van der Waals surface area contributed by atoms with E-state index in [1.807, 2.05) is 6.92 Å². The maximum Gasteiger partial charge on any atom is 0.276 e. The van der Waals surface area contributed by atoms with Crippen LogP contribution in [-0.4, -0.2) is 42.0 Å². The van der Waals surface area contributed by atoms with Crippen LogP contribution in [0.1, 0.15) is 42.9 Å². The zero-order valence-corrected chi connectivity index (χ0v) is 11.8. The molecule has 1 aromatic heterocycles. The number of H-pyrrole nitrogens is 1. The number of primary sulfonamides is 1. The van der Waals surface area contributed by atoms with Crippen LogP contribution in [-0.2, 0) is 16.4 Å². The van der Waals surface area contributed by atoms with Gasteiger partial charge in [-0.2, -0.15) is 5.10 Å². The molecule has 0 unspecified atom stereocenters. The highest BCUT2D eigenvalue weighted by Gasteiger charge is 2.36. The van der Waals surface area contributed by atoms with Gasteiger partial charge in [-0.15, -0.1) is 0 Å². The van der Waals surface area contributed by atoms with Crippen molar-refractivity contribution in [1.29, 1.82) is 0 Å². The minimum absolute atomic E-state index is 0.0897. The van der Waals surface area contributed by atoms with Crippen molar-refractivity contribution in [3.63, 3.8) is 0 Å². The van der Waals surface area contributed by atoms with E-state index in [-0.39, 0.29) is 22.5 Å². The molecular formula is C11H18N4O3S. The Morgan fingerprint density at radius 1 is 1.47 bits per heavy atom. The Balaban J connectivity index is 2.45. The number of hydrogen-bond donors (Lipinski definition) is 2. The van der Waals surface area contributed by atoms with Crippen molar-refractivity contribution < 1.29 is 13.2 Å². The molecule has 0 bridgehead atoms. The lowest BCUT2D eigenvalue weighted by atomic mass is 10.2. The molecule has 1 aromatic rings. The van der Waals surface area contributed by atoms with Gasteiger partial charge in [0.25, 0.3) is 5.91 Å². The van der Waals surface area contributed by atoms with Crippen LogP contribution < -0.4 is 5.14 Å². The first-order valence-corrected chi connectivity index (χ1v) is 7.85. The lowest BCUT2D eigenvalue weighted by molar-refractivity contribution is 0.0742. The second kappa shape index (κ2) is 4.93. The van der Waals surface area contributed by atoms with E-state index in [2.05, 4.69) is 10.2 Å². The fourth-order valence-electron chi connectivity index (χ4n) is 2.15. The molecule has 2 rings (SSSR count). The number of aromatic amines is 1. The van der Waals surface area contributed by atoms with Crippen LogP contribution in [0.5, 0.6) is 0 Å². The molecule has 0 aliphatic heterocycles. The van der Waals surface area contributed by atoms with Crippen LogP contribution in [0.3, 0.4) is 0 Å². The fraction of sp³-hybridized carbons (Fsp3) is 0.636. The van der Waals surface area contributed by atoms with Crippen LogP contribution in [0.15, 0.2) is 4.90 Å². The van der Waals surface area contributed by atoms with E-state index in [0.717, 1.165) is 12.8 Å². The lowest BCUT2D eigenvalue weighted by Gasteiger charge is -2.19. The van der Waals surface area contributed by atoms with Crippen molar-refractivity contribution in [3.8, 4) is 0 Å². The lowest BCUT2D eigenvalue weighted by Crippen LogP contribution is -2.34. The van der Waals surface area contributed by atoms with Crippen molar-refractivity contribution in [2.45, 2.75) is 44.0 Å². The van der Waals surface area contributed by atoms with Gasteiger partial charge >= 0.3 is 0 Å². The third kappa shape index (κ3) is 2.64. The minimum Gasteiger partial charge on any atom is -0.335 e. The van der Waals surface area contributed by atoms with Gasteiger partial charge in [0, 0.05) is 12.6 Å². The van der Waals surface area contributed by atoms with Crippen molar-refractivity contribution in [2.75, 3.05) is 6.54 Å². The molecule has 3 N–H and O–H groups in total. The van der Waals surface area contributed by atoms with Gasteiger partial charge in [0.15, 0.2) is 5.69 Å². The third-order valence-electron chi connectivity index (χ3n) is 3.22. The molecule has 8 heteroatoms. The number of hydrogen-bond acceptors (Lipinski definition) is 4. The number of carbonyl (C=O) groups is 1. The molecule has 1 saturated carbocycles. The van der Waals surface area contributed by atoms with Gasteiger partial charge in [-0.1, -0.05) is 6.92 Å². The summed E-state index contributed by atoms with van der Waals surface area (Å²) in [7, 11) is -3.97. The third-order valence-corrected chi connectivity index (χ3v) is 4.23. The highest BCUT2D eigenvalue weighted by atomic mass is 32.2. The summed E-state index contributed by atoms with van der Waals surface area (Å²) in [5.74, 6) is -0.370. The van der Waals surface area contributed by atoms with Gasteiger partial charge in [0.05, 0.1) is 5.69 Å². The van der Waals surface area contributed by atoms with Gasteiger partial charge < -0.3 is 4.90 Å². The van der Waals surface area contributed by atoms with E-state index >= 15 is 0 Å². The van der Waals surface area contributed by atoms with Gasteiger partial charge in [0.2, 0.25) is 10.0 Å². The second-order valence-corrected chi connectivity index (χ2v) is 6.10. The first-order valence-electron chi connectivity index (χ1n) is 6.31. The number of carbonyl (C=O) groups excluding carboxylic acids is 1. The van der Waals surface area contributed by atoms with Gasteiger partial charge in [0.1, 0.15) is 4.90 Å². The molecule has 1 amide bonds. The number of amides is 1. The van der Waals surface area contributed by atoms with E-state index in [9.17, 15) is 13.2 Å². The predicted molar refractivity (Wildman–Crippen MR) is 69.1 cm³/mol. The molecule has 0 saturated heterocycles. The SMILES string of the molecule is CCc1[nH]nc(C(=O)N(CC)C2CC2)c1S(N)(=O)=O. The minimum atomic E-state index is -3.97. The quantitative estimate of drug-likeness (QED) is 0.808. The highest BCUT2D eigenvalue weighted by molar-refractivity contribution is 7.89. The average molecular weight is 286 g/mol. The second-order valence-electron chi connectivity index (χ2n) is 4.60. The molecule has 1 aliphatic carbocycles. The number of nitrogens with one attached hydrogen (secondary N) is 1.